The number of carbonyl (C=O) groups excluding carboxylic acids is 3. The van der Waals surface area contributed by atoms with Gasteiger partial charge in [-0.1, -0.05) is 116 Å². The number of esters is 1. The number of imidazole rings is 1. The van der Waals surface area contributed by atoms with Crippen molar-refractivity contribution in [3.63, 3.8) is 0 Å². The number of methoxy groups -OCH3 is 2. The van der Waals surface area contributed by atoms with Crippen molar-refractivity contribution in [2.75, 3.05) is 38.1 Å². The van der Waals surface area contributed by atoms with Crippen LogP contribution in [0.3, 0.4) is 0 Å². The quantitative estimate of drug-likeness (QED) is 0.0305. The van der Waals surface area contributed by atoms with Gasteiger partial charge in [0.1, 0.15) is 65.5 Å². The lowest BCUT2D eigenvalue weighted by molar-refractivity contribution is -0.119. The highest BCUT2D eigenvalue weighted by atomic mass is 35.5. The third-order valence-corrected chi connectivity index (χ3v) is 16.6. The minimum absolute atomic E-state index is 0.0115. The molecule has 2 aliphatic heterocycles. The fourth-order valence-electron chi connectivity index (χ4n) is 10.3. The zero-order valence-electron chi connectivity index (χ0n) is 48.4. The Morgan fingerprint density at radius 2 is 1.25 bits per heavy atom. The summed E-state index contributed by atoms with van der Waals surface area (Å²) in [6, 6.07) is 48.3. The van der Waals surface area contributed by atoms with Gasteiger partial charge in [-0.15, -0.1) is 0 Å². The summed E-state index contributed by atoms with van der Waals surface area (Å²) in [4.78, 5) is 82.7. The number of carbonyl (C=O) groups is 3. The molecule has 5 heterocycles. The maximum atomic E-state index is 15.9. The number of amides is 2. The van der Waals surface area contributed by atoms with E-state index in [-0.39, 0.29) is 53.7 Å². The summed E-state index contributed by atoms with van der Waals surface area (Å²) in [6.07, 6.45) is -4.57. The molecular formula is C64H60ClN8O15P. The normalized spacial score (nSPS) is 18.9. The topological polar surface area (TPSA) is 274 Å². The van der Waals surface area contributed by atoms with Gasteiger partial charge in [-0.2, -0.15) is 9.97 Å². The van der Waals surface area contributed by atoms with Crippen molar-refractivity contribution in [2.45, 2.75) is 69.2 Å². The summed E-state index contributed by atoms with van der Waals surface area (Å²) in [5, 5.41) is 5.61. The van der Waals surface area contributed by atoms with Crippen molar-refractivity contribution in [2.24, 2.45) is 5.92 Å². The van der Waals surface area contributed by atoms with Crippen molar-refractivity contribution in [3.05, 3.63) is 236 Å². The Kier molecular flexibility index (Phi) is 18.6. The first kappa shape index (κ1) is 61.3. The average Bonchev–Trinajstić information content (AvgIpc) is 2.04. The predicted octanol–water partition coefficient (Wildman–Crippen LogP) is 10.3. The molecule has 6 aromatic carbocycles. The second kappa shape index (κ2) is 27.0. The van der Waals surface area contributed by atoms with Crippen LogP contribution in [0.5, 0.6) is 17.2 Å². The lowest BCUT2D eigenvalue weighted by Gasteiger charge is -2.37. The van der Waals surface area contributed by atoms with Gasteiger partial charge in [0, 0.05) is 35.5 Å². The molecule has 0 saturated carbocycles. The van der Waals surface area contributed by atoms with Gasteiger partial charge < -0.3 is 38.3 Å². The second-order valence-electron chi connectivity index (χ2n) is 21.0. The first-order chi connectivity index (χ1) is 43.1. The Morgan fingerprint density at radius 3 is 1.85 bits per heavy atom. The molecule has 9 aromatic rings. The molecule has 0 aliphatic carbocycles. The number of aromatic nitrogens is 6. The van der Waals surface area contributed by atoms with Crippen LogP contribution in [0.2, 0.25) is 5.02 Å². The number of anilines is 2. The van der Waals surface area contributed by atoms with Crippen LogP contribution < -0.4 is 35.9 Å². The van der Waals surface area contributed by atoms with Crippen molar-refractivity contribution >= 4 is 60.1 Å². The van der Waals surface area contributed by atoms with Crippen molar-refractivity contribution in [3.8, 4) is 17.2 Å². The van der Waals surface area contributed by atoms with E-state index in [2.05, 4.69) is 30.6 Å². The Labute approximate surface area is 514 Å². The molecule has 458 valence electrons. The minimum atomic E-state index is -5.00. The molecule has 0 radical (unpaired) electrons. The number of benzene rings is 6. The smallest absolute Gasteiger partial charge is 0.497 e. The number of nitrogens with zero attached hydrogens (tertiary/aromatic N) is 5. The number of H-pyrrole nitrogens is 1. The molecule has 3 aromatic heterocycles. The van der Waals surface area contributed by atoms with E-state index in [1.54, 1.807) is 88.7 Å². The number of hydrogen-bond acceptors (Lipinski definition) is 18. The van der Waals surface area contributed by atoms with Gasteiger partial charge in [-0.25, -0.2) is 19.1 Å². The molecule has 2 aliphatic rings. The number of fused-ring (bicyclic) bond motifs is 1. The van der Waals surface area contributed by atoms with Crippen LogP contribution in [0.25, 0.3) is 11.2 Å². The van der Waals surface area contributed by atoms with E-state index in [0.29, 0.717) is 38.8 Å². The number of halogens is 1. The van der Waals surface area contributed by atoms with Crippen molar-refractivity contribution in [1.29, 1.82) is 0 Å². The molecule has 2 fully saturated rings. The van der Waals surface area contributed by atoms with Crippen LogP contribution in [-0.4, -0.2) is 98.7 Å². The number of hydrogen-bond donors (Lipinski definition) is 3. The number of aromatic amines is 1. The Balaban J connectivity index is 0.957. The van der Waals surface area contributed by atoms with Gasteiger partial charge in [-0.05, 0) is 95.6 Å². The maximum absolute atomic E-state index is 15.9. The zero-order valence-corrected chi connectivity index (χ0v) is 50.0. The Morgan fingerprint density at radius 1 is 0.685 bits per heavy atom. The summed E-state index contributed by atoms with van der Waals surface area (Å²) < 4.78 is 75.9. The summed E-state index contributed by atoms with van der Waals surface area (Å²) in [7, 11) is -1.87. The number of rotatable bonds is 23. The minimum Gasteiger partial charge on any atom is -0.497 e. The Bertz CT molecular complexity index is 4080. The van der Waals surface area contributed by atoms with E-state index in [0.717, 1.165) is 0 Å². The number of phosphoric acid groups is 1. The van der Waals surface area contributed by atoms with Gasteiger partial charge in [0.2, 0.25) is 11.9 Å². The highest BCUT2D eigenvalue weighted by Gasteiger charge is 2.49. The molecule has 89 heavy (non-hydrogen) atoms. The number of phosphoric ester groups is 1. The first-order valence-electron chi connectivity index (χ1n) is 28.3. The van der Waals surface area contributed by atoms with Crippen LogP contribution >= 0.6 is 19.4 Å². The van der Waals surface area contributed by atoms with Crippen molar-refractivity contribution < 1.29 is 60.9 Å². The van der Waals surface area contributed by atoms with Gasteiger partial charge in [-0.3, -0.25) is 42.9 Å². The van der Waals surface area contributed by atoms with Crippen LogP contribution in [0.4, 0.5) is 11.8 Å². The van der Waals surface area contributed by atoms with Gasteiger partial charge in [0.15, 0.2) is 11.2 Å². The fraction of sp³-hybridized carbons (Fsp3) is 0.250. The van der Waals surface area contributed by atoms with E-state index in [1.165, 1.54) is 52.0 Å². The van der Waals surface area contributed by atoms with E-state index in [1.807, 2.05) is 78.9 Å². The summed E-state index contributed by atoms with van der Waals surface area (Å²) in [5.74, 6) is -1.04. The van der Waals surface area contributed by atoms with Crippen molar-refractivity contribution in [1.82, 2.24) is 29.1 Å². The third kappa shape index (κ3) is 13.9. The summed E-state index contributed by atoms with van der Waals surface area (Å²) in [5.41, 5.74) is -0.247. The van der Waals surface area contributed by atoms with Crippen LogP contribution in [-0.2, 0) is 43.0 Å². The molecule has 1 unspecified atom stereocenters. The predicted molar refractivity (Wildman–Crippen MR) is 326 cm³/mol. The molecule has 23 nitrogen and oxygen atoms in total. The van der Waals surface area contributed by atoms with Gasteiger partial charge in [0.25, 0.3) is 11.5 Å². The molecule has 0 bridgehead atoms. The number of ether oxygens (including phenoxy) is 6. The molecule has 0 spiro atoms. The van der Waals surface area contributed by atoms with Gasteiger partial charge in [0.05, 0.1) is 39.3 Å². The molecule has 7 atom stereocenters. The molecular weight excluding hydrogens is 1190 g/mol. The van der Waals surface area contributed by atoms with E-state index < -0.39 is 91.9 Å². The average molecular weight is 1250 g/mol. The Hall–Kier alpha value is -9.32. The third-order valence-electron chi connectivity index (χ3n) is 14.9. The fourth-order valence-corrected chi connectivity index (χ4v) is 11.9. The zero-order chi connectivity index (χ0) is 62.2. The molecule has 2 amide bonds. The lowest BCUT2D eigenvalue weighted by atomic mass is 9.80. The monoisotopic (exact) mass is 1250 g/mol. The largest absolute Gasteiger partial charge is 0.530 e. The van der Waals surface area contributed by atoms with E-state index >= 15 is 4.57 Å². The van der Waals surface area contributed by atoms with Crippen LogP contribution in [0.15, 0.2) is 192 Å². The summed E-state index contributed by atoms with van der Waals surface area (Å²) >= 11 is 6.33. The second-order valence-corrected chi connectivity index (χ2v) is 23.0. The van der Waals surface area contributed by atoms with Gasteiger partial charge >= 0.3 is 19.5 Å². The van der Waals surface area contributed by atoms with E-state index in [4.69, 9.17) is 53.6 Å². The molecule has 2 saturated heterocycles. The van der Waals surface area contributed by atoms with E-state index in [9.17, 15) is 24.0 Å². The van der Waals surface area contributed by atoms with Crippen LogP contribution in [0, 0.1) is 5.92 Å². The maximum Gasteiger partial charge on any atom is 0.530 e. The molecule has 11 rings (SSSR count). The first-order valence-corrected chi connectivity index (χ1v) is 30.1. The SMILES string of the molecule is COc1ccc(C(OC[C@H]2O[C@@H](n3cnc4c(=O)[nH]c(NC(=O)C(C)C)nc43)C[C@@H]2OP(=O)(OC[C@H]2O[C@@H](n3ccc(NC(=O)c4ccccc4)nc3=O)C[C@@H]2OC(=O)c2ccccc2)Oc2ccc(Cl)cc2)(c2ccccc2)c2ccc(OC)cc2)cc1. The van der Waals surface area contributed by atoms with Crippen LogP contribution in [0.1, 0.15) is 76.6 Å². The molecule has 3 N–H and O–H groups in total. The highest BCUT2D eigenvalue weighted by Crippen LogP contribution is 2.54. The highest BCUT2D eigenvalue weighted by molar-refractivity contribution is 7.49. The summed E-state index contributed by atoms with van der Waals surface area (Å²) in [6.45, 7) is 2.45. The lowest BCUT2D eigenvalue weighted by Crippen LogP contribution is -2.38. The molecule has 25 heteroatoms. The standard InChI is InChI=1S/C64H60ClN8O15P/c1-39(2)58(74)70-62-69-57-56(60(76)71-62)66-38-73(57)55-35-50(51(84-55)36-82-64(42-18-12-7-13-19-42,43-20-26-46(80-3)27-21-43)44-22-28-47(81-4)29-23-44)88-89(79,87-48-30-24-45(65)25-31-48)83-37-52-49(86-61(77)41-16-10-6-11-17-41)34-54(85-52)72-33-32-53(68-63(72)78)67-59(75)40-14-8-5-9-15-40/h5-33,38-39,49-52,54-55H,34-37H2,1-4H3,(H,67,68,75,78)(H2,69,70,71,74,76)/t49-,50-,51+,52+,54+,55+,89?/m0/s1. The number of nitrogens with one attached hydrogen (secondary N) is 3.